The van der Waals surface area contributed by atoms with Crippen LogP contribution in [0.15, 0.2) is 6.20 Å². The minimum atomic E-state index is -0.773. The van der Waals surface area contributed by atoms with Crippen molar-refractivity contribution in [1.82, 2.24) is 19.9 Å². The SMILES string of the molecule is CN1CCCC(O)(c2cnnn2C)C1. The van der Waals surface area contributed by atoms with Crippen LogP contribution in [0.1, 0.15) is 18.5 Å². The molecule has 1 saturated heterocycles. The van der Waals surface area contributed by atoms with Crippen molar-refractivity contribution < 1.29 is 5.11 Å². The molecule has 0 aromatic carbocycles. The van der Waals surface area contributed by atoms with Gasteiger partial charge in [0, 0.05) is 13.6 Å². The normalized spacial score (nSPS) is 29.4. The first-order chi connectivity index (χ1) is 6.62. The van der Waals surface area contributed by atoms with Crippen LogP contribution in [-0.2, 0) is 12.6 Å². The van der Waals surface area contributed by atoms with Crippen molar-refractivity contribution in [2.45, 2.75) is 18.4 Å². The Morgan fingerprint density at radius 1 is 1.50 bits per heavy atom. The van der Waals surface area contributed by atoms with Gasteiger partial charge in [0.2, 0.25) is 0 Å². The highest BCUT2D eigenvalue weighted by molar-refractivity contribution is 5.10. The minimum Gasteiger partial charge on any atom is -0.382 e. The number of hydrogen-bond acceptors (Lipinski definition) is 4. The van der Waals surface area contributed by atoms with Crippen LogP contribution in [0, 0.1) is 0 Å². The molecule has 0 saturated carbocycles. The van der Waals surface area contributed by atoms with Crippen molar-refractivity contribution in [3.05, 3.63) is 11.9 Å². The second kappa shape index (κ2) is 3.33. The molecule has 1 unspecified atom stereocenters. The monoisotopic (exact) mass is 196 g/mol. The fourth-order valence-corrected chi connectivity index (χ4v) is 2.17. The smallest absolute Gasteiger partial charge is 0.120 e. The van der Waals surface area contributed by atoms with Crippen molar-refractivity contribution in [3.63, 3.8) is 0 Å². The summed E-state index contributed by atoms with van der Waals surface area (Å²) in [4.78, 5) is 2.14. The van der Waals surface area contributed by atoms with Crippen LogP contribution >= 0.6 is 0 Å². The minimum absolute atomic E-state index is 0.661. The van der Waals surface area contributed by atoms with E-state index >= 15 is 0 Å². The van der Waals surface area contributed by atoms with Gasteiger partial charge in [0.15, 0.2) is 0 Å². The lowest BCUT2D eigenvalue weighted by Crippen LogP contribution is -2.45. The Bertz CT molecular complexity index is 324. The van der Waals surface area contributed by atoms with E-state index < -0.39 is 5.60 Å². The van der Waals surface area contributed by atoms with Gasteiger partial charge < -0.3 is 10.0 Å². The van der Waals surface area contributed by atoms with Crippen LogP contribution in [0.4, 0.5) is 0 Å². The maximum Gasteiger partial charge on any atom is 0.120 e. The Labute approximate surface area is 83.3 Å². The van der Waals surface area contributed by atoms with Crippen molar-refractivity contribution in [1.29, 1.82) is 0 Å². The molecule has 0 aliphatic carbocycles. The molecule has 14 heavy (non-hydrogen) atoms. The summed E-state index contributed by atoms with van der Waals surface area (Å²) in [5, 5.41) is 18.1. The first-order valence-electron chi connectivity index (χ1n) is 4.88. The van der Waals surface area contributed by atoms with E-state index in [1.807, 2.05) is 14.1 Å². The first kappa shape index (κ1) is 9.61. The zero-order chi connectivity index (χ0) is 10.2. The molecule has 1 aliphatic rings. The standard InChI is InChI=1S/C9H16N4O/c1-12-5-3-4-9(14,7-12)8-6-10-11-13(8)2/h6,14H,3-5,7H2,1-2H3. The molecule has 1 atom stereocenters. The van der Waals surface area contributed by atoms with Gasteiger partial charge in [-0.25, -0.2) is 4.68 Å². The van der Waals surface area contributed by atoms with Gasteiger partial charge in [0.25, 0.3) is 0 Å². The molecule has 5 nitrogen and oxygen atoms in total. The summed E-state index contributed by atoms with van der Waals surface area (Å²) in [6.07, 6.45) is 3.45. The highest BCUT2D eigenvalue weighted by atomic mass is 16.3. The molecule has 1 aromatic heterocycles. The van der Waals surface area contributed by atoms with Gasteiger partial charge in [0.1, 0.15) is 5.60 Å². The van der Waals surface area contributed by atoms with Gasteiger partial charge in [-0.15, -0.1) is 5.10 Å². The van der Waals surface area contributed by atoms with Crippen molar-refractivity contribution in [2.75, 3.05) is 20.1 Å². The van der Waals surface area contributed by atoms with Gasteiger partial charge in [-0.2, -0.15) is 0 Å². The van der Waals surface area contributed by atoms with E-state index in [1.165, 1.54) is 0 Å². The third-order valence-electron chi connectivity index (χ3n) is 2.85. The number of likely N-dealkylation sites (N-methyl/N-ethyl adjacent to an activating group) is 1. The highest BCUT2D eigenvalue weighted by Crippen LogP contribution is 2.29. The summed E-state index contributed by atoms with van der Waals surface area (Å²) >= 11 is 0. The lowest BCUT2D eigenvalue weighted by Gasteiger charge is -2.36. The quantitative estimate of drug-likeness (QED) is 0.671. The fourth-order valence-electron chi connectivity index (χ4n) is 2.17. The number of likely N-dealkylation sites (tertiary alicyclic amines) is 1. The number of piperidine rings is 1. The average Bonchev–Trinajstić information content (AvgIpc) is 2.51. The number of nitrogens with zero attached hydrogens (tertiary/aromatic N) is 4. The van der Waals surface area contributed by atoms with Crippen LogP contribution in [-0.4, -0.2) is 45.1 Å². The zero-order valence-corrected chi connectivity index (χ0v) is 8.64. The molecule has 2 rings (SSSR count). The molecule has 1 fully saturated rings. The Morgan fingerprint density at radius 2 is 2.29 bits per heavy atom. The second-order valence-corrected chi connectivity index (χ2v) is 4.12. The number of aliphatic hydroxyl groups is 1. The number of β-amino-alcohol motifs (C(OH)–C–C–N with tert-alkyl or cyclic N) is 1. The molecule has 0 spiro atoms. The third kappa shape index (κ3) is 1.53. The number of hydrogen-bond donors (Lipinski definition) is 1. The average molecular weight is 196 g/mol. The van der Waals surface area contributed by atoms with Crippen LogP contribution in [0.3, 0.4) is 0 Å². The van der Waals surface area contributed by atoms with Crippen molar-refractivity contribution in [2.24, 2.45) is 7.05 Å². The van der Waals surface area contributed by atoms with E-state index in [4.69, 9.17) is 0 Å². The van der Waals surface area contributed by atoms with Crippen LogP contribution in [0.5, 0.6) is 0 Å². The van der Waals surface area contributed by atoms with E-state index in [-0.39, 0.29) is 0 Å². The molecule has 78 valence electrons. The number of aryl methyl sites for hydroxylation is 1. The lowest BCUT2D eigenvalue weighted by molar-refractivity contribution is -0.0339. The predicted molar refractivity (Wildman–Crippen MR) is 51.6 cm³/mol. The van der Waals surface area contributed by atoms with E-state index in [9.17, 15) is 5.11 Å². The summed E-state index contributed by atoms with van der Waals surface area (Å²) in [6.45, 7) is 1.71. The van der Waals surface area contributed by atoms with E-state index in [0.29, 0.717) is 6.54 Å². The molecule has 1 N–H and O–H groups in total. The summed E-state index contributed by atoms with van der Waals surface area (Å²) < 4.78 is 1.65. The third-order valence-corrected chi connectivity index (χ3v) is 2.85. The van der Waals surface area contributed by atoms with Gasteiger partial charge in [-0.3, -0.25) is 0 Å². The van der Waals surface area contributed by atoms with E-state index in [0.717, 1.165) is 25.1 Å². The van der Waals surface area contributed by atoms with E-state index in [2.05, 4.69) is 15.2 Å². The molecule has 0 amide bonds. The van der Waals surface area contributed by atoms with Crippen LogP contribution in [0.25, 0.3) is 0 Å². The van der Waals surface area contributed by atoms with Gasteiger partial charge in [-0.1, -0.05) is 5.21 Å². The molecule has 0 bridgehead atoms. The van der Waals surface area contributed by atoms with Gasteiger partial charge in [-0.05, 0) is 26.4 Å². The maximum atomic E-state index is 10.4. The van der Waals surface area contributed by atoms with Gasteiger partial charge >= 0.3 is 0 Å². The number of aromatic nitrogens is 3. The topological polar surface area (TPSA) is 54.2 Å². The Hall–Kier alpha value is -0.940. The molecule has 5 heteroatoms. The number of rotatable bonds is 1. The fraction of sp³-hybridized carbons (Fsp3) is 0.778. The molecule has 1 aliphatic heterocycles. The van der Waals surface area contributed by atoms with Crippen LogP contribution in [0.2, 0.25) is 0 Å². The Morgan fingerprint density at radius 3 is 2.86 bits per heavy atom. The van der Waals surface area contributed by atoms with Crippen molar-refractivity contribution in [3.8, 4) is 0 Å². The second-order valence-electron chi connectivity index (χ2n) is 4.12. The van der Waals surface area contributed by atoms with E-state index in [1.54, 1.807) is 10.9 Å². The summed E-state index contributed by atoms with van der Waals surface area (Å²) in [6, 6.07) is 0. The molecule has 0 radical (unpaired) electrons. The first-order valence-corrected chi connectivity index (χ1v) is 4.88. The summed E-state index contributed by atoms with van der Waals surface area (Å²) in [5.74, 6) is 0. The summed E-state index contributed by atoms with van der Waals surface area (Å²) in [7, 11) is 3.84. The lowest BCUT2D eigenvalue weighted by atomic mass is 9.90. The maximum absolute atomic E-state index is 10.4. The predicted octanol–water partition coefficient (Wildman–Crippen LogP) is -0.272. The highest BCUT2D eigenvalue weighted by Gasteiger charge is 2.36. The Balaban J connectivity index is 2.27. The van der Waals surface area contributed by atoms with Gasteiger partial charge in [0.05, 0.1) is 11.9 Å². The summed E-state index contributed by atoms with van der Waals surface area (Å²) in [5.41, 5.74) is 0.0367. The molecule has 1 aromatic rings. The molecule has 2 heterocycles. The van der Waals surface area contributed by atoms with Crippen molar-refractivity contribution >= 4 is 0 Å². The molecular formula is C9H16N4O. The largest absolute Gasteiger partial charge is 0.382 e. The van der Waals surface area contributed by atoms with Crippen LogP contribution < -0.4 is 0 Å². The Kier molecular flexibility index (Phi) is 2.28. The zero-order valence-electron chi connectivity index (χ0n) is 8.64. The molecular weight excluding hydrogens is 180 g/mol.